The van der Waals surface area contributed by atoms with Gasteiger partial charge in [-0.05, 0) is 31.1 Å². The van der Waals surface area contributed by atoms with Gasteiger partial charge in [-0.25, -0.2) is 4.68 Å². The molecule has 0 radical (unpaired) electrons. The standard InChI is InChI=1S/C13H22N4O2/c1-5-10-11(17(18)19)12(16(4)15-10)14-9-6-7-13(2,3)8-9/h9,14H,5-8H2,1-4H3. The van der Waals surface area contributed by atoms with Gasteiger partial charge in [-0.1, -0.05) is 20.8 Å². The second kappa shape index (κ2) is 4.83. The van der Waals surface area contributed by atoms with Crippen LogP contribution in [-0.2, 0) is 13.5 Å². The molecular formula is C13H22N4O2. The van der Waals surface area contributed by atoms with Gasteiger partial charge in [0.25, 0.3) is 0 Å². The van der Waals surface area contributed by atoms with Crippen LogP contribution in [0.4, 0.5) is 11.5 Å². The molecule has 1 aromatic rings. The summed E-state index contributed by atoms with van der Waals surface area (Å²) >= 11 is 0. The number of aryl methyl sites for hydroxylation is 2. The predicted molar refractivity (Wildman–Crippen MR) is 74.3 cm³/mol. The summed E-state index contributed by atoms with van der Waals surface area (Å²) in [4.78, 5) is 10.9. The Morgan fingerprint density at radius 1 is 1.58 bits per heavy atom. The van der Waals surface area contributed by atoms with Crippen LogP contribution >= 0.6 is 0 Å². The van der Waals surface area contributed by atoms with Crippen LogP contribution in [0.3, 0.4) is 0 Å². The van der Waals surface area contributed by atoms with Crippen molar-refractivity contribution in [3.8, 4) is 0 Å². The molecule has 1 N–H and O–H groups in total. The third-order valence-corrected chi connectivity index (χ3v) is 3.92. The van der Waals surface area contributed by atoms with Gasteiger partial charge in [-0.3, -0.25) is 10.1 Å². The highest BCUT2D eigenvalue weighted by Crippen LogP contribution is 2.39. The van der Waals surface area contributed by atoms with E-state index in [0.717, 1.165) is 19.3 Å². The van der Waals surface area contributed by atoms with Crippen molar-refractivity contribution in [2.24, 2.45) is 12.5 Å². The van der Waals surface area contributed by atoms with Crippen LogP contribution in [0.5, 0.6) is 0 Å². The van der Waals surface area contributed by atoms with E-state index in [1.807, 2.05) is 6.92 Å². The third kappa shape index (κ3) is 2.72. The van der Waals surface area contributed by atoms with Gasteiger partial charge < -0.3 is 5.32 Å². The molecule has 0 spiro atoms. The fourth-order valence-electron chi connectivity index (χ4n) is 2.91. The molecule has 1 saturated carbocycles. The summed E-state index contributed by atoms with van der Waals surface area (Å²) in [6.07, 6.45) is 3.81. The lowest BCUT2D eigenvalue weighted by atomic mass is 9.92. The molecule has 0 aliphatic heterocycles. The fourth-order valence-corrected chi connectivity index (χ4v) is 2.91. The molecule has 6 heteroatoms. The van der Waals surface area contributed by atoms with Crippen molar-refractivity contribution in [3.63, 3.8) is 0 Å². The molecule has 1 aliphatic rings. The second-order valence-electron chi connectivity index (χ2n) is 6.13. The molecule has 1 aliphatic carbocycles. The van der Waals surface area contributed by atoms with Crippen LogP contribution in [0.25, 0.3) is 0 Å². The number of hydrogen-bond donors (Lipinski definition) is 1. The smallest absolute Gasteiger partial charge is 0.333 e. The minimum atomic E-state index is -0.325. The van der Waals surface area contributed by atoms with Gasteiger partial charge in [0, 0.05) is 13.1 Å². The predicted octanol–water partition coefficient (Wildman–Crippen LogP) is 2.88. The number of rotatable bonds is 4. The Morgan fingerprint density at radius 3 is 2.74 bits per heavy atom. The van der Waals surface area contributed by atoms with Crippen LogP contribution in [0.15, 0.2) is 0 Å². The lowest BCUT2D eigenvalue weighted by Crippen LogP contribution is -2.20. The molecule has 1 heterocycles. The fraction of sp³-hybridized carbons (Fsp3) is 0.769. The van der Waals surface area contributed by atoms with Crippen LogP contribution in [0.2, 0.25) is 0 Å². The summed E-state index contributed by atoms with van der Waals surface area (Å²) in [5, 5.41) is 18.8. The summed E-state index contributed by atoms with van der Waals surface area (Å²) < 4.78 is 1.60. The van der Waals surface area contributed by atoms with Gasteiger partial charge in [-0.15, -0.1) is 0 Å². The highest BCUT2D eigenvalue weighted by Gasteiger charge is 2.34. The van der Waals surface area contributed by atoms with Crippen LogP contribution < -0.4 is 5.32 Å². The van der Waals surface area contributed by atoms with Gasteiger partial charge in [0.1, 0.15) is 5.69 Å². The molecule has 106 valence electrons. The average molecular weight is 266 g/mol. The molecule has 0 aromatic carbocycles. The van der Waals surface area contributed by atoms with Gasteiger partial charge in [-0.2, -0.15) is 5.10 Å². The minimum absolute atomic E-state index is 0.134. The quantitative estimate of drug-likeness (QED) is 0.671. The van der Waals surface area contributed by atoms with Crippen molar-refractivity contribution >= 4 is 11.5 Å². The molecule has 1 unspecified atom stereocenters. The lowest BCUT2D eigenvalue weighted by molar-refractivity contribution is -0.384. The normalized spacial score (nSPS) is 21.6. The minimum Gasteiger partial charge on any atom is -0.362 e. The number of anilines is 1. The Morgan fingerprint density at radius 2 is 2.26 bits per heavy atom. The lowest BCUT2D eigenvalue weighted by Gasteiger charge is -2.18. The van der Waals surface area contributed by atoms with E-state index in [1.54, 1.807) is 11.7 Å². The van der Waals surface area contributed by atoms with E-state index in [4.69, 9.17) is 0 Å². The number of nitrogens with zero attached hydrogens (tertiary/aromatic N) is 3. The van der Waals surface area contributed by atoms with Crippen molar-refractivity contribution in [2.75, 3.05) is 5.32 Å². The van der Waals surface area contributed by atoms with E-state index < -0.39 is 0 Å². The molecule has 6 nitrogen and oxygen atoms in total. The molecule has 0 saturated heterocycles. The largest absolute Gasteiger partial charge is 0.362 e. The van der Waals surface area contributed by atoms with Gasteiger partial charge in [0.15, 0.2) is 0 Å². The van der Waals surface area contributed by atoms with Gasteiger partial charge in [0.2, 0.25) is 5.82 Å². The number of nitro groups is 1. The maximum atomic E-state index is 11.2. The summed E-state index contributed by atoms with van der Waals surface area (Å²) in [7, 11) is 1.76. The van der Waals surface area contributed by atoms with Crippen LogP contribution in [0, 0.1) is 15.5 Å². The number of aromatic nitrogens is 2. The van der Waals surface area contributed by atoms with E-state index in [0.29, 0.717) is 29.4 Å². The SMILES string of the molecule is CCc1nn(C)c(NC2CCC(C)(C)C2)c1[N+](=O)[O-]. The molecule has 0 amide bonds. The summed E-state index contributed by atoms with van der Waals surface area (Å²) in [5.74, 6) is 0.546. The van der Waals surface area contributed by atoms with Crippen molar-refractivity contribution in [3.05, 3.63) is 15.8 Å². The summed E-state index contributed by atoms with van der Waals surface area (Å²) in [6, 6.07) is 0.300. The number of nitrogens with one attached hydrogen (secondary N) is 1. The van der Waals surface area contributed by atoms with E-state index >= 15 is 0 Å². The Kier molecular flexibility index (Phi) is 3.52. The summed E-state index contributed by atoms with van der Waals surface area (Å²) in [5.41, 5.74) is 1.00. The first-order chi connectivity index (χ1) is 8.84. The van der Waals surface area contributed by atoms with E-state index in [-0.39, 0.29) is 10.6 Å². The van der Waals surface area contributed by atoms with E-state index in [2.05, 4.69) is 24.3 Å². The van der Waals surface area contributed by atoms with Crippen LogP contribution in [0.1, 0.15) is 45.7 Å². The zero-order valence-corrected chi connectivity index (χ0v) is 12.1. The number of hydrogen-bond acceptors (Lipinski definition) is 4. The maximum absolute atomic E-state index is 11.2. The zero-order chi connectivity index (χ0) is 14.2. The third-order valence-electron chi connectivity index (χ3n) is 3.92. The van der Waals surface area contributed by atoms with E-state index in [9.17, 15) is 10.1 Å². The van der Waals surface area contributed by atoms with Gasteiger partial charge in [0.05, 0.1) is 4.92 Å². The first kappa shape index (κ1) is 13.8. The maximum Gasteiger partial charge on any atom is 0.333 e. The van der Waals surface area contributed by atoms with Crippen molar-refractivity contribution in [1.82, 2.24) is 9.78 Å². The molecule has 0 bridgehead atoms. The molecule has 2 rings (SSSR count). The Hall–Kier alpha value is -1.59. The second-order valence-corrected chi connectivity index (χ2v) is 6.13. The van der Waals surface area contributed by atoms with Crippen molar-refractivity contribution < 1.29 is 4.92 Å². The van der Waals surface area contributed by atoms with Crippen molar-refractivity contribution in [1.29, 1.82) is 0 Å². The molecule has 1 aromatic heterocycles. The average Bonchev–Trinajstić information content (AvgIpc) is 2.80. The summed E-state index contributed by atoms with van der Waals surface area (Å²) in [6.45, 7) is 6.37. The Balaban J connectivity index is 2.25. The molecular weight excluding hydrogens is 244 g/mol. The molecule has 1 atom stereocenters. The highest BCUT2D eigenvalue weighted by molar-refractivity contribution is 5.60. The topological polar surface area (TPSA) is 73.0 Å². The monoisotopic (exact) mass is 266 g/mol. The molecule has 1 fully saturated rings. The Labute approximate surface area is 113 Å². The van der Waals surface area contributed by atoms with E-state index in [1.165, 1.54) is 0 Å². The van der Waals surface area contributed by atoms with Crippen LogP contribution in [-0.4, -0.2) is 20.7 Å². The Bertz CT molecular complexity index is 493. The first-order valence-electron chi connectivity index (χ1n) is 6.81. The molecule has 19 heavy (non-hydrogen) atoms. The highest BCUT2D eigenvalue weighted by atomic mass is 16.6. The van der Waals surface area contributed by atoms with Gasteiger partial charge >= 0.3 is 5.69 Å². The first-order valence-corrected chi connectivity index (χ1v) is 6.81. The van der Waals surface area contributed by atoms with Crippen molar-refractivity contribution in [2.45, 2.75) is 52.5 Å². The zero-order valence-electron chi connectivity index (χ0n) is 12.1.